The van der Waals surface area contributed by atoms with Crippen molar-refractivity contribution >= 4 is 33.9 Å². The van der Waals surface area contributed by atoms with Gasteiger partial charge in [-0.25, -0.2) is 0 Å². The number of thiocarbonyl (C=S) groups is 1. The number of anilines is 1. The van der Waals surface area contributed by atoms with Gasteiger partial charge in [0, 0.05) is 17.5 Å². The van der Waals surface area contributed by atoms with Gasteiger partial charge in [0.1, 0.15) is 17.2 Å². The minimum absolute atomic E-state index is 0.172. The molecule has 0 amide bonds. The Labute approximate surface area is 174 Å². The topological polar surface area (TPSA) is 84.6 Å². The normalized spacial score (nSPS) is 10.4. The fourth-order valence-corrected chi connectivity index (χ4v) is 3.26. The Morgan fingerprint density at radius 2 is 1.69 bits per heavy atom. The minimum Gasteiger partial charge on any atom is -0.496 e. The molecule has 2 aromatic carbocycles. The van der Waals surface area contributed by atoms with E-state index in [1.807, 2.05) is 36.4 Å². The molecule has 0 radical (unpaired) electrons. The van der Waals surface area contributed by atoms with Crippen molar-refractivity contribution in [3.05, 3.63) is 58.4 Å². The average Bonchev–Trinajstić information content (AvgIpc) is 2.73. The van der Waals surface area contributed by atoms with E-state index in [9.17, 15) is 4.79 Å². The quantitative estimate of drug-likeness (QED) is 0.513. The van der Waals surface area contributed by atoms with Crippen LogP contribution >= 0.6 is 12.2 Å². The summed E-state index contributed by atoms with van der Waals surface area (Å²) in [6.45, 7) is 0.488. The zero-order valence-electron chi connectivity index (χ0n) is 16.5. The number of benzene rings is 2. The molecule has 152 valence electrons. The van der Waals surface area contributed by atoms with Crippen molar-refractivity contribution in [2.75, 3.05) is 33.2 Å². The summed E-state index contributed by atoms with van der Waals surface area (Å²) in [7, 11) is 4.76. The summed E-state index contributed by atoms with van der Waals surface area (Å²) in [5, 5.41) is 7.45. The highest BCUT2D eigenvalue weighted by Crippen LogP contribution is 2.31. The molecule has 1 aromatic heterocycles. The van der Waals surface area contributed by atoms with Crippen molar-refractivity contribution in [2.45, 2.75) is 6.42 Å². The van der Waals surface area contributed by atoms with Gasteiger partial charge >= 0.3 is 0 Å². The zero-order chi connectivity index (χ0) is 20.8. The molecule has 0 saturated heterocycles. The van der Waals surface area contributed by atoms with E-state index in [1.54, 1.807) is 27.4 Å². The van der Waals surface area contributed by atoms with Crippen molar-refractivity contribution in [2.24, 2.45) is 0 Å². The number of hydrogen-bond acceptors (Lipinski definition) is 5. The molecule has 0 atom stereocenters. The zero-order valence-corrected chi connectivity index (χ0v) is 17.3. The van der Waals surface area contributed by atoms with Crippen LogP contribution in [0.4, 0.5) is 5.69 Å². The molecule has 3 aromatic rings. The van der Waals surface area contributed by atoms with Crippen LogP contribution in [0.3, 0.4) is 0 Å². The Morgan fingerprint density at radius 3 is 2.41 bits per heavy atom. The van der Waals surface area contributed by atoms with Crippen LogP contribution in [0.1, 0.15) is 5.56 Å². The van der Waals surface area contributed by atoms with Crippen LogP contribution in [0.25, 0.3) is 10.9 Å². The van der Waals surface area contributed by atoms with Crippen molar-refractivity contribution in [1.82, 2.24) is 10.3 Å². The van der Waals surface area contributed by atoms with Crippen molar-refractivity contribution in [3.63, 3.8) is 0 Å². The van der Waals surface area contributed by atoms with E-state index in [-0.39, 0.29) is 5.56 Å². The summed E-state index contributed by atoms with van der Waals surface area (Å²) < 4.78 is 16.1. The number of pyridine rings is 1. The molecule has 29 heavy (non-hydrogen) atoms. The van der Waals surface area contributed by atoms with Crippen LogP contribution < -0.4 is 30.4 Å². The summed E-state index contributed by atoms with van der Waals surface area (Å²) >= 11 is 5.34. The van der Waals surface area contributed by atoms with E-state index in [0.717, 1.165) is 11.1 Å². The van der Waals surface area contributed by atoms with Crippen molar-refractivity contribution in [1.29, 1.82) is 0 Å². The predicted octanol–water partition coefficient (Wildman–Crippen LogP) is 3.08. The lowest BCUT2D eigenvalue weighted by atomic mass is 10.1. The molecule has 3 rings (SSSR count). The number of methoxy groups -OCH3 is 3. The Kier molecular flexibility index (Phi) is 6.56. The van der Waals surface area contributed by atoms with Crippen LogP contribution in [0.5, 0.6) is 17.2 Å². The lowest BCUT2D eigenvalue weighted by Crippen LogP contribution is -2.31. The van der Waals surface area contributed by atoms with E-state index in [2.05, 4.69) is 15.6 Å². The van der Waals surface area contributed by atoms with Gasteiger partial charge in [-0.05, 0) is 49.0 Å². The molecule has 0 aliphatic heterocycles. The first-order valence-electron chi connectivity index (χ1n) is 9.02. The first-order valence-corrected chi connectivity index (χ1v) is 9.43. The van der Waals surface area contributed by atoms with Gasteiger partial charge in [0.25, 0.3) is 5.56 Å². The highest BCUT2D eigenvalue weighted by Gasteiger charge is 2.12. The number of rotatable bonds is 7. The summed E-state index contributed by atoms with van der Waals surface area (Å²) in [5.41, 5.74) is 1.83. The van der Waals surface area contributed by atoms with E-state index in [4.69, 9.17) is 26.4 Å². The highest BCUT2D eigenvalue weighted by molar-refractivity contribution is 7.80. The Balaban J connectivity index is 1.71. The summed E-state index contributed by atoms with van der Waals surface area (Å²) in [5.74, 6) is 1.95. The number of para-hydroxylation sites is 2. The molecular weight excluding hydrogens is 390 g/mol. The molecule has 0 fully saturated rings. The van der Waals surface area contributed by atoms with Gasteiger partial charge in [0.15, 0.2) is 5.11 Å². The van der Waals surface area contributed by atoms with Crippen LogP contribution in [0, 0.1) is 0 Å². The smallest absolute Gasteiger partial charge is 0.251 e. The molecule has 7 nitrogen and oxygen atoms in total. The fourth-order valence-electron chi connectivity index (χ4n) is 3.05. The number of aromatic nitrogens is 1. The second-order valence-electron chi connectivity index (χ2n) is 6.21. The summed E-state index contributed by atoms with van der Waals surface area (Å²) in [6, 6.07) is 12.9. The van der Waals surface area contributed by atoms with E-state index in [0.29, 0.717) is 46.4 Å². The second-order valence-corrected chi connectivity index (χ2v) is 6.62. The first-order chi connectivity index (χ1) is 14.1. The molecule has 3 N–H and O–H groups in total. The largest absolute Gasteiger partial charge is 0.496 e. The average molecular weight is 413 g/mol. The van der Waals surface area contributed by atoms with Crippen molar-refractivity contribution in [3.8, 4) is 17.2 Å². The van der Waals surface area contributed by atoms with Gasteiger partial charge in [-0.1, -0.05) is 12.1 Å². The standard InChI is InChI=1S/C21H23N3O4S/c1-26-16-8-9-18(28-3)19-14(16)12-13(20(25)24-19)10-11-22-21(29)23-15-6-4-5-7-17(15)27-2/h4-9,12H,10-11H2,1-3H3,(H,24,25)(H2,22,23,29). The van der Waals surface area contributed by atoms with E-state index in [1.165, 1.54) is 0 Å². The van der Waals surface area contributed by atoms with Gasteiger partial charge < -0.3 is 29.8 Å². The number of fused-ring (bicyclic) bond motifs is 1. The first kappa shape index (κ1) is 20.5. The monoisotopic (exact) mass is 413 g/mol. The van der Waals surface area contributed by atoms with Gasteiger partial charge in [0.05, 0.1) is 32.5 Å². The number of hydrogen-bond donors (Lipinski definition) is 3. The molecular formula is C21H23N3O4S. The number of aromatic amines is 1. The van der Waals surface area contributed by atoms with E-state index < -0.39 is 0 Å². The Bertz CT molecular complexity index is 1080. The van der Waals surface area contributed by atoms with Crippen molar-refractivity contribution < 1.29 is 14.2 Å². The third kappa shape index (κ3) is 4.60. The number of H-pyrrole nitrogens is 1. The molecule has 0 spiro atoms. The van der Waals surface area contributed by atoms with Gasteiger partial charge in [-0.15, -0.1) is 0 Å². The second kappa shape index (κ2) is 9.29. The van der Waals surface area contributed by atoms with Gasteiger partial charge in [-0.3, -0.25) is 4.79 Å². The number of nitrogens with one attached hydrogen (secondary N) is 3. The van der Waals surface area contributed by atoms with Crippen LogP contribution in [0.15, 0.2) is 47.3 Å². The van der Waals surface area contributed by atoms with Gasteiger partial charge in [0.2, 0.25) is 0 Å². The highest BCUT2D eigenvalue weighted by atomic mass is 32.1. The molecule has 0 bridgehead atoms. The molecule has 0 unspecified atom stereocenters. The minimum atomic E-state index is -0.172. The number of ether oxygens (including phenoxy) is 3. The Hall–Kier alpha value is -3.26. The molecule has 1 heterocycles. The summed E-state index contributed by atoms with van der Waals surface area (Å²) in [6.07, 6.45) is 0.485. The maximum absolute atomic E-state index is 12.5. The predicted molar refractivity (Wildman–Crippen MR) is 119 cm³/mol. The van der Waals surface area contributed by atoms with E-state index >= 15 is 0 Å². The fraction of sp³-hybridized carbons (Fsp3) is 0.238. The summed E-state index contributed by atoms with van der Waals surface area (Å²) in [4.78, 5) is 15.4. The third-order valence-corrected chi connectivity index (χ3v) is 4.74. The SMILES string of the molecule is COc1ccccc1NC(=S)NCCc1cc2c(OC)ccc(OC)c2[nH]c1=O. The van der Waals surface area contributed by atoms with Crippen LogP contribution in [-0.2, 0) is 6.42 Å². The molecule has 0 saturated carbocycles. The lowest BCUT2D eigenvalue weighted by molar-refractivity contribution is 0.409. The lowest BCUT2D eigenvalue weighted by Gasteiger charge is -2.14. The molecule has 0 aliphatic carbocycles. The maximum Gasteiger partial charge on any atom is 0.251 e. The Morgan fingerprint density at radius 1 is 1.00 bits per heavy atom. The van der Waals surface area contributed by atoms with Gasteiger partial charge in [-0.2, -0.15) is 0 Å². The van der Waals surface area contributed by atoms with Crippen LogP contribution in [0.2, 0.25) is 0 Å². The maximum atomic E-state index is 12.5. The molecule has 8 heteroatoms. The van der Waals surface area contributed by atoms with Crippen LogP contribution in [-0.4, -0.2) is 38.0 Å². The molecule has 0 aliphatic rings. The third-order valence-electron chi connectivity index (χ3n) is 4.49.